The third kappa shape index (κ3) is 1.97. The number of hydrogen-bond donors (Lipinski definition) is 2. The Balaban J connectivity index is 2.38. The Morgan fingerprint density at radius 1 is 1.20 bits per heavy atom. The van der Waals surface area contributed by atoms with Gasteiger partial charge in [0.05, 0.1) is 0 Å². The van der Waals surface area contributed by atoms with Gasteiger partial charge in [-0.15, -0.1) is 0 Å². The van der Waals surface area contributed by atoms with Crippen LogP contribution in [0.3, 0.4) is 0 Å². The molecular formula is C12H16FNO. The molecule has 0 atom stereocenters. The molecule has 1 fully saturated rings. The van der Waals surface area contributed by atoms with E-state index in [4.69, 9.17) is 5.73 Å². The molecule has 0 amide bonds. The SMILES string of the molecule is NC1(c2cc(F)ccc2O)CCCCC1. The molecule has 1 aliphatic carbocycles. The van der Waals surface area contributed by atoms with E-state index in [1.807, 2.05) is 0 Å². The van der Waals surface area contributed by atoms with Gasteiger partial charge in [-0.3, -0.25) is 0 Å². The number of phenolic OH excluding ortho intramolecular Hbond substituents is 1. The van der Waals surface area contributed by atoms with E-state index in [2.05, 4.69) is 0 Å². The molecule has 0 saturated heterocycles. The van der Waals surface area contributed by atoms with Crippen LogP contribution in [0.5, 0.6) is 5.75 Å². The second kappa shape index (κ2) is 3.81. The maximum absolute atomic E-state index is 13.1. The van der Waals surface area contributed by atoms with Gasteiger partial charge in [0.2, 0.25) is 0 Å². The van der Waals surface area contributed by atoms with Crippen molar-refractivity contribution in [2.75, 3.05) is 0 Å². The number of aromatic hydroxyl groups is 1. The fraction of sp³-hybridized carbons (Fsp3) is 0.500. The highest BCUT2D eigenvalue weighted by molar-refractivity contribution is 5.38. The molecule has 15 heavy (non-hydrogen) atoms. The minimum Gasteiger partial charge on any atom is -0.508 e. The highest BCUT2D eigenvalue weighted by Crippen LogP contribution is 2.38. The minimum atomic E-state index is -0.537. The van der Waals surface area contributed by atoms with Crippen molar-refractivity contribution in [3.63, 3.8) is 0 Å². The van der Waals surface area contributed by atoms with Gasteiger partial charge >= 0.3 is 0 Å². The number of phenols is 1. The van der Waals surface area contributed by atoms with Gasteiger partial charge in [-0.2, -0.15) is 0 Å². The second-order valence-corrected chi connectivity index (χ2v) is 4.38. The van der Waals surface area contributed by atoms with Gasteiger partial charge in [-0.1, -0.05) is 19.3 Å². The summed E-state index contributed by atoms with van der Waals surface area (Å²) in [6.07, 6.45) is 4.92. The van der Waals surface area contributed by atoms with Crippen molar-refractivity contribution in [3.8, 4) is 5.75 Å². The lowest BCUT2D eigenvalue weighted by atomic mass is 9.77. The first-order valence-electron chi connectivity index (χ1n) is 5.40. The summed E-state index contributed by atoms with van der Waals surface area (Å²) < 4.78 is 13.1. The zero-order valence-corrected chi connectivity index (χ0v) is 8.67. The molecule has 2 rings (SSSR count). The second-order valence-electron chi connectivity index (χ2n) is 4.38. The predicted molar refractivity (Wildman–Crippen MR) is 57.0 cm³/mol. The molecule has 0 bridgehead atoms. The summed E-state index contributed by atoms with van der Waals surface area (Å²) in [5.74, 6) is -0.223. The summed E-state index contributed by atoms with van der Waals surface area (Å²) in [6.45, 7) is 0. The Bertz CT molecular complexity index is 359. The summed E-state index contributed by atoms with van der Waals surface area (Å²) in [5.41, 5.74) is 6.24. The van der Waals surface area contributed by atoms with E-state index in [1.165, 1.54) is 24.6 Å². The van der Waals surface area contributed by atoms with E-state index >= 15 is 0 Å². The van der Waals surface area contributed by atoms with E-state index in [0.717, 1.165) is 25.7 Å². The number of hydrogen-bond acceptors (Lipinski definition) is 2. The van der Waals surface area contributed by atoms with Gasteiger partial charge in [0.15, 0.2) is 0 Å². The van der Waals surface area contributed by atoms with Crippen LogP contribution in [0.1, 0.15) is 37.7 Å². The molecule has 0 aliphatic heterocycles. The van der Waals surface area contributed by atoms with Gasteiger partial charge < -0.3 is 10.8 Å². The Kier molecular flexibility index (Phi) is 2.65. The van der Waals surface area contributed by atoms with Crippen LogP contribution in [-0.4, -0.2) is 5.11 Å². The summed E-state index contributed by atoms with van der Waals surface area (Å²) in [4.78, 5) is 0. The van der Waals surface area contributed by atoms with Crippen molar-refractivity contribution >= 4 is 0 Å². The molecule has 0 heterocycles. The average Bonchev–Trinajstić information content (AvgIpc) is 2.23. The summed E-state index contributed by atoms with van der Waals surface area (Å²) >= 11 is 0. The van der Waals surface area contributed by atoms with Gasteiger partial charge in [0, 0.05) is 11.1 Å². The lowest BCUT2D eigenvalue weighted by Gasteiger charge is -2.34. The van der Waals surface area contributed by atoms with Crippen LogP contribution in [-0.2, 0) is 5.54 Å². The van der Waals surface area contributed by atoms with Crippen LogP contribution in [0, 0.1) is 5.82 Å². The fourth-order valence-electron chi connectivity index (χ4n) is 2.36. The van der Waals surface area contributed by atoms with Crippen LogP contribution in [0.25, 0.3) is 0 Å². The van der Waals surface area contributed by atoms with Crippen molar-refractivity contribution in [2.24, 2.45) is 5.73 Å². The zero-order chi connectivity index (χ0) is 10.9. The summed E-state index contributed by atoms with van der Waals surface area (Å²) in [6, 6.07) is 4.00. The highest BCUT2D eigenvalue weighted by Gasteiger charge is 2.31. The monoisotopic (exact) mass is 209 g/mol. The fourth-order valence-corrected chi connectivity index (χ4v) is 2.36. The quantitative estimate of drug-likeness (QED) is 0.747. The Hall–Kier alpha value is -1.09. The molecule has 1 aliphatic rings. The van der Waals surface area contributed by atoms with E-state index in [9.17, 15) is 9.50 Å². The van der Waals surface area contributed by atoms with E-state index in [-0.39, 0.29) is 11.6 Å². The molecule has 0 unspecified atom stereocenters. The molecule has 0 aromatic heterocycles. The van der Waals surface area contributed by atoms with E-state index in [1.54, 1.807) is 0 Å². The third-order valence-electron chi connectivity index (χ3n) is 3.24. The molecule has 1 aromatic rings. The number of halogens is 1. The van der Waals surface area contributed by atoms with Gasteiger partial charge in [-0.05, 0) is 31.0 Å². The summed E-state index contributed by atoms with van der Waals surface area (Å²) in [7, 11) is 0. The Morgan fingerprint density at radius 3 is 2.53 bits per heavy atom. The third-order valence-corrected chi connectivity index (χ3v) is 3.24. The number of rotatable bonds is 1. The van der Waals surface area contributed by atoms with Gasteiger partial charge in [-0.25, -0.2) is 4.39 Å². The maximum Gasteiger partial charge on any atom is 0.123 e. The number of benzene rings is 1. The van der Waals surface area contributed by atoms with Crippen molar-refractivity contribution in [3.05, 3.63) is 29.6 Å². The first-order chi connectivity index (χ1) is 7.12. The van der Waals surface area contributed by atoms with Crippen molar-refractivity contribution in [1.82, 2.24) is 0 Å². The van der Waals surface area contributed by atoms with Crippen LogP contribution < -0.4 is 5.73 Å². The molecule has 1 saturated carbocycles. The molecule has 82 valence electrons. The first-order valence-corrected chi connectivity index (χ1v) is 5.40. The van der Waals surface area contributed by atoms with Crippen molar-refractivity contribution < 1.29 is 9.50 Å². The smallest absolute Gasteiger partial charge is 0.123 e. The lowest BCUT2D eigenvalue weighted by Crippen LogP contribution is -2.38. The minimum absolute atomic E-state index is 0.112. The highest BCUT2D eigenvalue weighted by atomic mass is 19.1. The topological polar surface area (TPSA) is 46.2 Å². The zero-order valence-electron chi connectivity index (χ0n) is 8.67. The molecule has 1 aromatic carbocycles. The van der Waals surface area contributed by atoms with E-state index in [0.29, 0.717) is 5.56 Å². The Morgan fingerprint density at radius 2 is 1.87 bits per heavy atom. The molecule has 3 heteroatoms. The van der Waals surface area contributed by atoms with Crippen molar-refractivity contribution in [2.45, 2.75) is 37.6 Å². The van der Waals surface area contributed by atoms with Crippen molar-refractivity contribution in [1.29, 1.82) is 0 Å². The Labute approximate surface area is 88.9 Å². The van der Waals surface area contributed by atoms with Gasteiger partial charge in [0.25, 0.3) is 0 Å². The normalized spacial score (nSPS) is 20.1. The number of nitrogens with two attached hydrogens (primary N) is 1. The standard InChI is InChI=1S/C12H16FNO/c13-9-4-5-11(15)10(8-9)12(14)6-2-1-3-7-12/h4-5,8,15H,1-3,6-7,14H2. The molecule has 0 radical (unpaired) electrons. The summed E-state index contributed by atoms with van der Waals surface area (Å²) in [5, 5.41) is 9.71. The van der Waals surface area contributed by atoms with Crippen LogP contribution in [0.15, 0.2) is 18.2 Å². The predicted octanol–water partition coefficient (Wildman–Crippen LogP) is 2.65. The maximum atomic E-state index is 13.1. The average molecular weight is 209 g/mol. The van der Waals surface area contributed by atoms with Crippen LogP contribution in [0.4, 0.5) is 4.39 Å². The largest absolute Gasteiger partial charge is 0.508 e. The van der Waals surface area contributed by atoms with Crippen LogP contribution in [0.2, 0.25) is 0 Å². The molecule has 2 nitrogen and oxygen atoms in total. The molecule has 0 spiro atoms. The molecular weight excluding hydrogens is 193 g/mol. The molecule has 3 N–H and O–H groups in total. The lowest BCUT2D eigenvalue weighted by molar-refractivity contribution is 0.291. The van der Waals surface area contributed by atoms with E-state index < -0.39 is 5.54 Å². The van der Waals surface area contributed by atoms with Gasteiger partial charge in [0.1, 0.15) is 11.6 Å². The van der Waals surface area contributed by atoms with Crippen LogP contribution >= 0.6 is 0 Å². The first kappa shape index (κ1) is 10.4.